The van der Waals surface area contributed by atoms with Gasteiger partial charge in [-0.25, -0.2) is 0 Å². The molecule has 0 aliphatic heterocycles. The third kappa shape index (κ3) is 1.31. The minimum Gasteiger partial charge on any atom is -0.356 e. The van der Waals surface area contributed by atoms with Gasteiger partial charge in [0.05, 0.1) is 10.5 Å². The highest BCUT2D eigenvalue weighted by Crippen LogP contribution is 2.43. The predicted octanol–water partition coefficient (Wildman–Crippen LogP) is 4.70. The summed E-state index contributed by atoms with van der Waals surface area (Å²) in [7, 11) is 0. The second kappa shape index (κ2) is 3.18. The number of hydrogen-bond acceptors (Lipinski definition) is 0. The van der Waals surface area contributed by atoms with Crippen molar-refractivity contribution in [1.82, 2.24) is 4.98 Å². The first-order chi connectivity index (χ1) is 7.49. The van der Waals surface area contributed by atoms with E-state index in [1.54, 1.807) is 6.07 Å². The lowest BCUT2D eigenvalue weighted by molar-refractivity contribution is 0.510. The second-order valence-corrected chi connectivity index (χ2v) is 6.02. The summed E-state index contributed by atoms with van der Waals surface area (Å²) in [6, 6.07) is 3.81. The first kappa shape index (κ1) is 10.5. The maximum atomic E-state index is 6.21. The first-order valence-corrected chi connectivity index (χ1v) is 6.25. The molecule has 16 heavy (non-hydrogen) atoms. The molecule has 1 N–H and O–H groups in total. The fraction of sp³-hybridized carbons (Fsp3) is 0.385. The van der Waals surface area contributed by atoms with Crippen LogP contribution in [-0.4, -0.2) is 4.98 Å². The average molecular weight is 254 g/mol. The molecule has 0 unspecified atom stereocenters. The van der Waals surface area contributed by atoms with E-state index in [1.807, 2.05) is 6.07 Å². The van der Waals surface area contributed by atoms with Crippen LogP contribution in [0.2, 0.25) is 10.0 Å². The van der Waals surface area contributed by atoms with Crippen molar-refractivity contribution in [3.05, 3.63) is 33.4 Å². The molecular weight excluding hydrogens is 241 g/mol. The van der Waals surface area contributed by atoms with Gasteiger partial charge in [-0.15, -0.1) is 0 Å². The Morgan fingerprint density at radius 2 is 2.00 bits per heavy atom. The lowest BCUT2D eigenvalue weighted by Crippen LogP contribution is -2.12. The molecule has 1 aliphatic carbocycles. The zero-order chi connectivity index (χ0) is 11.5. The number of aryl methyl sites for hydroxylation is 1. The van der Waals surface area contributed by atoms with E-state index in [0.717, 1.165) is 11.9 Å². The Labute approximate surface area is 105 Å². The number of halogens is 2. The van der Waals surface area contributed by atoms with Gasteiger partial charge >= 0.3 is 0 Å². The van der Waals surface area contributed by atoms with Crippen LogP contribution in [0, 0.1) is 0 Å². The Hall–Kier alpha value is -0.660. The molecule has 0 radical (unpaired) electrons. The Kier molecular flexibility index (Phi) is 2.08. The van der Waals surface area contributed by atoms with Crippen molar-refractivity contribution in [2.24, 2.45) is 0 Å². The summed E-state index contributed by atoms with van der Waals surface area (Å²) in [4.78, 5) is 3.47. The van der Waals surface area contributed by atoms with Gasteiger partial charge in [0.1, 0.15) is 0 Å². The van der Waals surface area contributed by atoms with E-state index in [9.17, 15) is 0 Å². The van der Waals surface area contributed by atoms with Crippen LogP contribution in [0.1, 0.15) is 31.5 Å². The second-order valence-electron chi connectivity index (χ2n) is 5.17. The summed E-state index contributed by atoms with van der Waals surface area (Å²) in [6.07, 6.45) is 2.30. The molecule has 0 spiro atoms. The summed E-state index contributed by atoms with van der Waals surface area (Å²) >= 11 is 12.3. The van der Waals surface area contributed by atoms with E-state index < -0.39 is 0 Å². The molecule has 0 saturated carbocycles. The smallest absolute Gasteiger partial charge is 0.0662 e. The third-order valence-electron chi connectivity index (χ3n) is 3.61. The monoisotopic (exact) mass is 253 g/mol. The van der Waals surface area contributed by atoms with Gasteiger partial charge in [-0.1, -0.05) is 37.0 Å². The maximum absolute atomic E-state index is 6.21. The highest BCUT2D eigenvalue weighted by Gasteiger charge is 2.33. The fourth-order valence-corrected chi connectivity index (χ4v) is 3.21. The van der Waals surface area contributed by atoms with Crippen molar-refractivity contribution < 1.29 is 0 Å². The van der Waals surface area contributed by atoms with Gasteiger partial charge in [-0.3, -0.25) is 0 Å². The number of aromatic amines is 1. The van der Waals surface area contributed by atoms with Gasteiger partial charge in [0.25, 0.3) is 0 Å². The van der Waals surface area contributed by atoms with Gasteiger partial charge in [-0.2, -0.15) is 0 Å². The first-order valence-electron chi connectivity index (χ1n) is 5.49. The molecule has 3 rings (SSSR count). The number of H-pyrrole nitrogens is 1. The number of aromatic nitrogens is 1. The van der Waals surface area contributed by atoms with E-state index in [2.05, 4.69) is 18.8 Å². The normalized spacial score (nSPS) is 18.0. The molecule has 0 bridgehead atoms. The van der Waals surface area contributed by atoms with Crippen LogP contribution in [0.4, 0.5) is 0 Å². The molecule has 3 heteroatoms. The van der Waals surface area contributed by atoms with Gasteiger partial charge < -0.3 is 4.98 Å². The SMILES string of the molecule is CC1(C)CCc2c1[nH]c1c(Cl)cc(Cl)cc21. The molecule has 1 aromatic heterocycles. The maximum Gasteiger partial charge on any atom is 0.0662 e. The molecule has 0 saturated heterocycles. The molecule has 0 atom stereocenters. The van der Waals surface area contributed by atoms with Crippen LogP contribution in [0.25, 0.3) is 10.9 Å². The summed E-state index contributed by atoms with van der Waals surface area (Å²) in [6.45, 7) is 4.54. The molecule has 84 valence electrons. The minimum atomic E-state index is 0.226. The topological polar surface area (TPSA) is 15.8 Å². The molecule has 1 nitrogen and oxygen atoms in total. The molecule has 0 amide bonds. The Balaban J connectivity index is 2.40. The Morgan fingerprint density at radius 1 is 1.25 bits per heavy atom. The van der Waals surface area contributed by atoms with Crippen LogP contribution in [0.15, 0.2) is 12.1 Å². The van der Waals surface area contributed by atoms with Crippen molar-refractivity contribution in [3.63, 3.8) is 0 Å². The van der Waals surface area contributed by atoms with Crippen LogP contribution >= 0.6 is 23.2 Å². The quantitative estimate of drug-likeness (QED) is 0.701. The molecular formula is C13H13Cl2N. The molecule has 0 fully saturated rings. The number of fused-ring (bicyclic) bond motifs is 3. The molecule has 1 aromatic carbocycles. The minimum absolute atomic E-state index is 0.226. The standard InChI is InChI=1S/C13H13Cl2N/c1-13(2)4-3-8-9-5-7(14)6-10(15)11(9)16-12(8)13/h5-6,16H,3-4H2,1-2H3. The van der Waals surface area contributed by atoms with Crippen molar-refractivity contribution in [2.75, 3.05) is 0 Å². The van der Waals surface area contributed by atoms with Crippen molar-refractivity contribution in [1.29, 1.82) is 0 Å². The fourth-order valence-electron chi connectivity index (χ4n) is 2.67. The van der Waals surface area contributed by atoms with Crippen LogP contribution in [0.3, 0.4) is 0 Å². The highest BCUT2D eigenvalue weighted by atomic mass is 35.5. The summed E-state index contributed by atoms with van der Waals surface area (Å²) in [5, 5.41) is 2.62. The molecule has 2 aromatic rings. The van der Waals surface area contributed by atoms with E-state index in [4.69, 9.17) is 23.2 Å². The largest absolute Gasteiger partial charge is 0.356 e. The zero-order valence-electron chi connectivity index (χ0n) is 9.32. The number of nitrogens with one attached hydrogen (secondary N) is 1. The van der Waals surface area contributed by atoms with E-state index >= 15 is 0 Å². The molecule has 1 aliphatic rings. The highest BCUT2D eigenvalue weighted by molar-refractivity contribution is 6.38. The van der Waals surface area contributed by atoms with E-state index in [-0.39, 0.29) is 5.41 Å². The lowest BCUT2D eigenvalue weighted by Gasteiger charge is -2.16. The number of benzene rings is 1. The number of hydrogen-bond donors (Lipinski definition) is 1. The molecule has 1 heterocycles. The van der Waals surface area contributed by atoms with Crippen molar-refractivity contribution in [3.8, 4) is 0 Å². The summed E-state index contributed by atoms with van der Waals surface area (Å²) in [5.41, 5.74) is 3.98. The lowest BCUT2D eigenvalue weighted by atomic mass is 9.91. The van der Waals surface area contributed by atoms with Crippen molar-refractivity contribution in [2.45, 2.75) is 32.1 Å². The van der Waals surface area contributed by atoms with Crippen LogP contribution in [0.5, 0.6) is 0 Å². The zero-order valence-corrected chi connectivity index (χ0v) is 10.8. The van der Waals surface area contributed by atoms with Gasteiger partial charge in [0.2, 0.25) is 0 Å². The van der Waals surface area contributed by atoms with Gasteiger partial charge in [-0.05, 0) is 30.5 Å². The van der Waals surface area contributed by atoms with Crippen LogP contribution in [-0.2, 0) is 11.8 Å². The Morgan fingerprint density at radius 3 is 2.75 bits per heavy atom. The predicted molar refractivity (Wildman–Crippen MR) is 69.7 cm³/mol. The van der Waals surface area contributed by atoms with E-state index in [0.29, 0.717) is 10.0 Å². The Bertz CT molecular complexity index is 581. The van der Waals surface area contributed by atoms with Crippen molar-refractivity contribution >= 4 is 34.1 Å². The van der Waals surface area contributed by atoms with Gasteiger partial charge in [0, 0.05) is 21.5 Å². The van der Waals surface area contributed by atoms with E-state index in [1.165, 1.54) is 23.1 Å². The third-order valence-corrected chi connectivity index (χ3v) is 4.12. The summed E-state index contributed by atoms with van der Waals surface area (Å²) < 4.78 is 0. The summed E-state index contributed by atoms with van der Waals surface area (Å²) in [5.74, 6) is 0. The number of rotatable bonds is 0. The average Bonchev–Trinajstić information content (AvgIpc) is 2.66. The van der Waals surface area contributed by atoms with Crippen LogP contribution < -0.4 is 0 Å². The van der Waals surface area contributed by atoms with Gasteiger partial charge in [0.15, 0.2) is 0 Å².